The molecular formula is C19H29N5O2. The van der Waals surface area contributed by atoms with Crippen molar-refractivity contribution in [2.24, 2.45) is 5.92 Å². The molecule has 1 aromatic carbocycles. The first kappa shape index (κ1) is 18.8. The number of rotatable bonds is 7. The molecule has 0 saturated carbocycles. The fraction of sp³-hybridized carbons (Fsp3) is 0.579. The minimum Gasteiger partial charge on any atom is -0.354 e. The van der Waals surface area contributed by atoms with Crippen LogP contribution in [0.1, 0.15) is 24.4 Å². The van der Waals surface area contributed by atoms with E-state index in [1.165, 1.54) is 5.56 Å². The Hall–Kier alpha value is -1.96. The lowest BCUT2D eigenvalue weighted by Gasteiger charge is -2.19. The van der Waals surface area contributed by atoms with Crippen LogP contribution in [-0.2, 0) is 9.59 Å². The largest absolute Gasteiger partial charge is 0.354 e. The van der Waals surface area contributed by atoms with E-state index in [2.05, 4.69) is 28.3 Å². The van der Waals surface area contributed by atoms with Crippen LogP contribution in [0.25, 0.3) is 0 Å². The number of nitrogens with one attached hydrogen (secondary N) is 3. The molecule has 0 bridgehead atoms. The van der Waals surface area contributed by atoms with E-state index in [0.29, 0.717) is 26.1 Å². The van der Waals surface area contributed by atoms with Crippen molar-refractivity contribution in [3.63, 3.8) is 0 Å². The molecule has 2 aliphatic heterocycles. The van der Waals surface area contributed by atoms with E-state index >= 15 is 0 Å². The van der Waals surface area contributed by atoms with Crippen LogP contribution in [0.5, 0.6) is 0 Å². The van der Waals surface area contributed by atoms with E-state index in [9.17, 15) is 9.59 Å². The third kappa shape index (κ3) is 4.81. The second-order valence-electron chi connectivity index (χ2n) is 7.47. The van der Waals surface area contributed by atoms with Gasteiger partial charge in [-0.25, -0.2) is 5.43 Å². The quantitative estimate of drug-likeness (QED) is 0.645. The Bertz CT molecular complexity index is 622. The molecule has 7 heteroatoms. The molecule has 0 radical (unpaired) electrons. The normalized spacial score (nSPS) is 25.9. The molecule has 0 aliphatic carbocycles. The van der Waals surface area contributed by atoms with Gasteiger partial charge in [0, 0.05) is 44.7 Å². The lowest BCUT2D eigenvalue weighted by atomic mass is 10.0. The Labute approximate surface area is 155 Å². The molecule has 7 nitrogen and oxygen atoms in total. The van der Waals surface area contributed by atoms with Gasteiger partial charge in [0.05, 0.1) is 5.92 Å². The standard InChI is InChI=1S/C19H29N5O2/c1-23(2)8-9-24-13-15(10-18(24)25)19(26)20-12-16-11-17(22-21-16)14-6-4-3-5-7-14/h3-7,15-17,21-22H,8-13H2,1-2H3,(H,20,26). The zero-order valence-corrected chi connectivity index (χ0v) is 15.6. The number of carbonyl (C=O) groups is 2. The average Bonchev–Trinajstić information content (AvgIpc) is 3.25. The summed E-state index contributed by atoms with van der Waals surface area (Å²) < 4.78 is 0. The molecule has 2 amide bonds. The number of amides is 2. The second-order valence-corrected chi connectivity index (χ2v) is 7.47. The van der Waals surface area contributed by atoms with E-state index < -0.39 is 0 Å². The van der Waals surface area contributed by atoms with Crippen molar-refractivity contribution in [3.05, 3.63) is 35.9 Å². The van der Waals surface area contributed by atoms with Crippen molar-refractivity contribution in [2.45, 2.75) is 24.9 Å². The second kappa shape index (κ2) is 8.62. The highest BCUT2D eigenvalue weighted by molar-refractivity contribution is 5.89. The summed E-state index contributed by atoms with van der Waals surface area (Å²) in [6.45, 7) is 2.60. The summed E-state index contributed by atoms with van der Waals surface area (Å²) in [5, 5.41) is 3.01. The third-order valence-corrected chi connectivity index (χ3v) is 5.11. The Morgan fingerprint density at radius 1 is 1.27 bits per heavy atom. The van der Waals surface area contributed by atoms with E-state index in [4.69, 9.17) is 0 Å². The summed E-state index contributed by atoms with van der Waals surface area (Å²) in [6.07, 6.45) is 1.24. The van der Waals surface area contributed by atoms with Gasteiger partial charge in [-0.3, -0.25) is 15.0 Å². The average molecular weight is 359 g/mol. The predicted molar refractivity (Wildman–Crippen MR) is 100 cm³/mol. The molecule has 3 unspecified atom stereocenters. The number of likely N-dealkylation sites (tertiary alicyclic amines) is 1. The van der Waals surface area contributed by atoms with Gasteiger partial charge in [-0.2, -0.15) is 0 Å². The van der Waals surface area contributed by atoms with Gasteiger partial charge in [-0.05, 0) is 26.1 Å². The molecule has 2 saturated heterocycles. The highest BCUT2D eigenvalue weighted by Crippen LogP contribution is 2.22. The Morgan fingerprint density at radius 3 is 2.77 bits per heavy atom. The van der Waals surface area contributed by atoms with Crippen LogP contribution in [-0.4, -0.2) is 67.9 Å². The lowest BCUT2D eigenvalue weighted by Crippen LogP contribution is -2.42. The summed E-state index contributed by atoms with van der Waals surface area (Å²) in [5.41, 5.74) is 7.79. The Kier molecular flexibility index (Phi) is 6.24. The smallest absolute Gasteiger partial charge is 0.225 e. The maximum Gasteiger partial charge on any atom is 0.225 e. The van der Waals surface area contributed by atoms with Crippen LogP contribution in [0, 0.1) is 5.92 Å². The molecule has 142 valence electrons. The van der Waals surface area contributed by atoms with Crippen LogP contribution >= 0.6 is 0 Å². The van der Waals surface area contributed by atoms with Gasteiger partial charge in [-0.15, -0.1) is 0 Å². The molecule has 0 aromatic heterocycles. The molecule has 3 rings (SSSR count). The summed E-state index contributed by atoms with van der Waals surface area (Å²) >= 11 is 0. The fourth-order valence-corrected chi connectivity index (χ4v) is 3.51. The third-order valence-electron chi connectivity index (χ3n) is 5.11. The van der Waals surface area contributed by atoms with Gasteiger partial charge in [0.15, 0.2) is 0 Å². The van der Waals surface area contributed by atoms with Crippen LogP contribution < -0.4 is 16.2 Å². The van der Waals surface area contributed by atoms with Gasteiger partial charge >= 0.3 is 0 Å². The zero-order valence-electron chi connectivity index (χ0n) is 15.6. The first-order valence-corrected chi connectivity index (χ1v) is 9.29. The van der Waals surface area contributed by atoms with Gasteiger partial charge in [-0.1, -0.05) is 30.3 Å². The minimum atomic E-state index is -0.232. The number of benzene rings is 1. The first-order chi connectivity index (χ1) is 12.5. The highest BCUT2D eigenvalue weighted by atomic mass is 16.2. The summed E-state index contributed by atoms with van der Waals surface area (Å²) in [6, 6.07) is 10.7. The summed E-state index contributed by atoms with van der Waals surface area (Å²) in [5.74, 6) is -0.170. The van der Waals surface area contributed by atoms with Gasteiger partial charge < -0.3 is 15.1 Å². The van der Waals surface area contributed by atoms with Crippen molar-refractivity contribution in [2.75, 3.05) is 40.3 Å². The molecule has 2 heterocycles. The highest BCUT2D eigenvalue weighted by Gasteiger charge is 2.34. The van der Waals surface area contributed by atoms with Gasteiger partial charge in [0.2, 0.25) is 11.8 Å². The maximum atomic E-state index is 12.4. The van der Waals surface area contributed by atoms with Crippen molar-refractivity contribution >= 4 is 11.8 Å². The van der Waals surface area contributed by atoms with Crippen molar-refractivity contribution in [3.8, 4) is 0 Å². The first-order valence-electron chi connectivity index (χ1n) is 9.29. The molecule has 3 N–H and O–H groups in total. The van der Waals surface area contributed by atoms with Crippen LogP contribution in [0.2, 0.25) is 0 Å². The summed E-state index contributed by atoms with van der Waals surface area (Å²) in [4.78, 5) is 28.3. The Morgan fingerprint density at radius 2 is 2.04 bits per heavy atom. The number of carbonyl (C=O) groups excluding carboxylic acids is 2. The minimum absolute atomic E-state index is 0.0179. The van der Waals surface area contributed by atoms with Crippen molar-refractivity contribution in [1.82, 2.24) is 26.0 Å². The van der Waals surface area contributed by atoms with Crippen molar-refractivity contribution in [1.29, 1.82) is 0 Å². The topological polar surface area (TPSA) is 76.7 Å². The fourth-order valence-electron chi connectivity index (χ4n) is 3.51. The molecule has 26 heavy (non-hydrogen) atoms. The van der Waals surface area contributed by atoms with E-state index in [1.807, 2.05) is 37.2 Å². The summed E-state index contributed by atoms with van der Waals surface area (Å²) in [7, 11) is 3.96. The number of nitrogens with zero attached hydrogens (tertiary/aromatic N) is 2. The predicted octanol–water partition coefficient (Wildman–Crippen LogP) is 0.121. The number of hydrazine groups is 1. The number of likely N-dealkylation sites (N-methyl/N-ethyl adjacent to an activating group) is 1. The molecule has 2 aliphatic rings. The monoisotopic (exact) mass is 359 g/mol. The van der Waals surface area contributed by atoms with E-state index in [1.54, 1.807) is 4.90 Å². The molecule has 0 spiro atoms. The van der Waals surface area contributed by atoms with Gasteiger partial charge in [0.25, 0.3) is 0 Å². The maximum absolute atomic E-state index is 12.4. The van der Waals surface area contributed by atoms with Crippen LogP contribution in [0.4, 0.5) is 0 Å². The SMILES string of the molecule is CN(C)CCN1CC(C(=O)NCC2CC(c3ccccc3)NN2)CC1=O. The molecule has 2 fully saturated rings. The van der Waals surface area contributed by atoms with Crippen LogP contribution in [0.15, 0.2) is 30.3 Å². The zero-order chi connectivity index (χ0) is 18.5. The lowest BCUT2D eigenvalue weighted by molar-refractivity contribution is -0.129. The van der Waals surface area contributed by atoms with Crippen molar-refractivity contribution < 1.29 is 9.59 Å². The van der Waals surface area contributed by atoms with E-state index in [-0.39, 0.29) is 29.8 Å². The molecule has 1 aromatic rings. The van der Waals surface area contributed by atoms with Gasteiger partial charge in [0.1, 0.15) is 0 Å². The number of hydrogen-bond acceptors (Lipinski definition) is 5. The number of hydrogen-bond donors (Lipinski definition) is 3. The molecular weight excluding hydrogens is 330 g/mol. The molecule has 3 atom stereocenters. The Balaban J connectivity index is 1.41. The van der Waals surface area contributed by atoms with Crippen LogP contribution in [0.3, 0.4) is 0 Å². The van der Waals surface area contributed by atoms with E-state index in [0.717, 1.165) is 13.0 Å².